The van der Waals surface area contributed by atoms with Crippen LogP contribution >= 0.6 is 0 Å². The Morgan fingerprint density at radius 1 is 1.12 bits per heavy atom. The Balaban J connectivity index is 2.00. The molecule has 0 aliphatic heterocycles. The number of hydrogen-bond donors (Lipinski definition) is 0. The van der Waals surface area contributed by atoms with Crippen LogP contribution in [0.25, 0.3) is 0 Å². The number of benzene rings is 1. The lowest BCUT2D eigenvalue weighted by Gasteiger charge is -2.21. The van der Waals surface area contributed by atoms with Crippen molar-refractivity contribution in [3.05, 3.63) is 35.4 Å². The van der Waals surface area contributed by atoms with Gasteiger partial charge in [0.05, 0.1) is 0 Å². The summed E-state index contributed by atoms with van der Waals surface area (Å²) in [7, 11) is 0. The van der Waals surface area contributed by atoms with E-state index >= 15 is 0 Å². The Morgan fingerprint density at radius 2 is 1.71 bits per heavy atom. The van der Waals surface area contributed by atoms with Crippen LogP contribution in [0.2, 0.25) is 0 Å². The van der Waals surface area contributed by atoms with Gasteiger partial charge in [0.15, 0.2) is 0 Å². The predicted molar refractivity (Wildman–Crippen MR) is 71.2 cm³/mol. The van der Waals surface area contributed by atoms with Crippen LogP contribution in [0.1, 0.15) is 56.6 Å². The molecule has 0 N–H and O–H groups in total. The Hall–Kier alpha value is -1.11. The molecule has 0 radical (unpaired) electrons. The van der Waals surface area contributed by atoms with Gasteiger partial charge in [-0.3, -0.25) is 4.79 Å². The first-order chi connectivity index (χ1) is 8.15. The van der Waals surface area contributed by atoms with Gasteiger partial charge in [-0.25, -0.2) is 0 Å². The maximum absolute atomic E-state index is 11.2. The summed E-state index contributed by atoms with van der Waals surface area (Å²) in [5, 5.41) is 0. The Kier molecular flexibility index (Phi) is 3.98. The van der Waals surface area contributed by atoms with Crippen molar-refractivity contribution in [2.45, 2.75) is 51.9 Å². The highest BCUT2D eigenvalue weighted by Crippen LogP contribution is 2.31. The molecule has 1 saturated carbocycles. The quantitative estimate of drug-likeness (QED) is 0.763. The summed E-state index contributed by atoms with van der Waals surface area (Å²) in [6, 6.07) is 9.04. The minimum Gasteiger partial charge on any atom is -0.300 e. The molecule has 0 atom stereocenters. The molecular formula is C16H22O. The van der Waals surface area contributed by atoms with Crippen molar-refractivity contribution in [3.8, 4) is 0 Å². The smallest absolute Gasteiger partial charge is 0.132 e. The van der Waals surface area contributed by atoms with E-state index in [4.69, 9.17) is 0 Å². The minimum atomic E-state index is 0.442. The molecule has 0 heterocycles. The van der Waals surface area contributed by atoms with E-state index in [2.05, 4.69) is 38.1 Å². The van der Waals surface area contributed by atoms with Crippen molar-refractivity contribution < 1.29 is 4.79 Å². The molecule has 1 nitrogen and oxygen atoms in total. The lowest BCUT2D eigenvalue weighted by Crippen LogP contribution is -2.12. The van der Waals surface area contributed by atoms with Crippen LogP contribution in [-0.2, 0) is 11.2 Å². The summed E-state index contributed by atoms with van der Waals surface area (Å²) < 4.78 is 0. The Labute approximate surface area is 104 Å². The van der Waals surface area contributed by atoms with Gasteiger partial charge < -0.3 is 0 Å². The molecule has 1 aromatic carbocycles. The zero-order valence-corrected chi connectivity index (χ0v) is 10.9. The van der Waals surface area contributed by atoms with E-state index in [-0.39, 0.29) is 0 Å². The summed E-state index contributed by atoms with van der Waals surface area (Å²) in [6.07, 6.45) is 4.80. The highest BCUT2D eigenvalue weighted by Gasteiger charge is 2.19. The Morgan fingerprint density at radius 3 is 2.24 bits per heavy atom. The number of Topliss-reactive ketones (excluding diaryl/α,β-unsaturated/α-hetero) is 1. The lowest BCUT2D eigenvalue weighted by atomic mass is 9.83. The molecule has 0 spiro atoms. The van der Waals surface area contributed by atoms with E-state index in [1.165, 1.54) is 11.1 Å². The second kappa shape index (κ2) is 5.48. The molecule has 1 heteroatoms. The third kappa shape index (κ3) is 3.42. The fourth-order valence-electron chi connectivity index (χ4n) is 2.67. The number of hydrogen-bond acceptors (Lipinski definition) is 1. The van der Waals surface area contributed by atoms with Gasteiger partial charge >= 0.3 is 0 Å². The van der Waals surface area contributed by atoms with E-state index < -0.39 is 0 Å². The van der Waals surface area contributed by atoms with Gasteiger partial charge in [-0.2, -0.15) is 0 Å². The first-order valence-corrected chi connectivity index (χ1v) is 6.75. The fourth-order valence-corrected chi connectivity index (χ4v) is 2.67. The lowest BCUT2D eigenvalue weighted by molar-refractivity contribution is -0.120. The summed E-state index contributed by atoms with van der Waals surface area (Å²) in [6.45, 7) is 4.50. The molecule has 0 amide bonds. The number of ketones is 1. The number of carbonyl (C=O) groups excluding carboxylic acids is 1. The van der Waals surface area contributed by atoms with Crippen LogP contribution in [0.3, 0.4) is 0 Å². The first kappa shape index (κ1) is 12.3. The zero-order chi connectivity index (χ0) is 12.3. The van der Waals surface area contributed by atoms with Gasteiger partial charge in [-0.15, -0.1) is 0 Å². The summed E-state index contributed by atoms with van der Waals surface area (Å²) in [4.78, 5) is 11.2. The second-order valence-electron chi connectivity index (χ2n) is 5.65. The maximum Gasteiger partial charge on any atom is 0.132 e. The number of rotatable bonds is 3. The van der Waals surface area contributed by atoms with Crippen LogP contribution in [0.4, 0.5) is 0 Å². The van der Waals surface area contributed by atoms with E-state index in [1.807, 2.05) is 0 Å². The molecule has 0 bridgehead atoms. The van der Waals surface area contributed by atoms with Gasteiger partial charge in [-0.1, -0.05) is 38.1 Å². The minimum absolute atomic E-state index is 0.442. The topological polar surface area (TPSA) is 17.1 Å². The second-order valence-corrected chi connectivity index (χ2v) is 5.65. The van der Waals surface area contributed by atoms with Gasteiger partial charge in [0, 0.05) is 12.8 Å². The molecule has 1 aliphatic rings. The van der Waals surface area contributed by atoms with Crippen LogP contribution in [0, 0.1) is 5.92 Å². The summed E-state index contributed by atoms with van der Waals surface area (Å²) >= 11 is 0. The standard InChI is InChI=1S/C16H22O/c1-12(2)11-13-3-5-14(6-4-13)15-7-9-16(17)10-8-15/h3-6,12,15H,7-11H2,1-2H3. The van der Waals surface area contributed by atoms with Crippen molar-refractivity contribution >= 4 is 5.78 Å². The zero-order valence-electron chi connectivity index (χ0n) is 10.9. The van der Waals surface area contributed by atoms with Crippen molar-refractivity contribution in [3.63, 3.8) is 0 Å². The predicted octanol–water partition coefficient (Wildman–Crippen LogP) is 4.11. The molecule has 92 valence electrons. The molecule has 0 aromatic heterocycles. The SMILES string of the molecule is CC(C)Cc1ccc(C2CCC(=O)CC2)cc1. The molecule has 1 aliphatic carbocycles. The van der Waals surface area contributed by atoms with Crippen LogP contribution in [0.5, 0.6) is 0 Å². The summed E-state index contributed by atoms with van der Waals surface area (Å²) in [5.74, 6) is 1.77. The highest BCUT2D eigenvalue weighted by molar-refractivity contribution is 5.79. The van der Waals surface area contributed by atoms with E-state index in [0.717, 1.165) is 32.1 Å². The fraction of sp³-hybridized carbons (Fsp3) is 0.562. The van der Waals surface area contributed by atoms with Gasteiger partial charge in [0.1, 0.15) is 5.78 Å². The molecular weight excluding hydrogens is 208 g/mol. The van der Waals surface area contributed by atoms with E-state index in [0.29, 0.717) is 17.6 Å². The Bertz CT molecular complexity index is 365. The third-order valence-corrected chi connectivity index (χ3v) is 3.64. The molecule has 0 unspecified atom stereocenters. The third-order valence-electron chi connectivity index (χ3n) is 3.64. The van der Waals surface area contributed by atoms with Crippen molar-refractivity contribution in [1.29, 1.82) is 0 Å². The van der Waals surface area contributed by atoms with E-state index in [9.17, 15) is 4.79 Å². The van der Waals surface area contributed by atoms with E-state index in [1.54, 1.807) is 0 Å². The van der Waals surface area contributed by atoms with Crippen LogP contribution in [0.15, 0.2) is 24.3 Å². The average molecular weight is 230 g/mol. The largest absolute Gasteiger partial charge is 0.300 e. The molecule has 17 heavy (non-hydrogen) atoms. The summed E-state index contributed by atoms with van der Waals surface area (Å²) in [5.41, 5.74) is 2.85. The van der Waals surface area contributed by atoms with Crippen molar-refractivity contribution in [2.24, 2.45) is 5.92 Å². The molecule has 1 fully saturated rings. The van der Waals surface area contributed by atoms with Crippen molar-refractivity contribution in [1.82, 2.24) is 0 Å². The molecule has 0 saturated heterocycles. The highest BCUT2D eigenvalue weighted by atomic mass is 16.1. The normalized spacial score (nSPS) is 17.7. The van der Waals surface area contributed by atoms with Crippen LogP contribution < -0.4 is 0 Å². The first-order valence-electron chi connectivity index (χ1n) is 6.75. The van der Waals surface area contributed by atoms with Crippen molar-refractivity contribution in [2.75, 3.05) is 0 Å². The van der Waals surface area contributed by atoms with Gasteiger partial charge in [0.2, 0.25) is 0 Å². The molecule has 1 aromatic rings. The average Bonchev–Trinajstić information content (AvgIpc) is 2.30. The van der Waals surface area contributed by atoms with Gasteiger partial charge in [-0.05, 0) is 42.2 Å². The van der Waals surface area contributed by atoms with Gasteiger partial charge in [0.25, 0.3) is 0 Å². The van der Waals surface area contributed by atoms with Crippen LogP contribution in [-0.4, -0.2) is 5.78 Å². The number of carbonyl (C=O) groups is 1. The monoisotopic (exact) mass is 230 g/mol. The molecule has 2 rings (SSSR count). The maximum atomic E-state index is 11.2.